The lowest BCUT2D eigenvalue weighted by atomic mass is 10.2. The number of aliphatic hydroxyl groups is 1. The average molecular weight is 338 g/mol. The van der Waals surface area contributed by atoms with Gasteiger partial charge in [-0.3, -0.25) is 0 Å². The molecule has 3 rings (SSSR count). The molecule has 0 radical (unpaired) electrons. The van der Waals surface area contributed by atoms with E-state index in [4.69, 9.17) is 0 Å². The molecule has 7 heteroatoms. The Morgan fingerprint density at radius 3 is 2.56 bits per heavy atom. The fourth-order valence-electron chi connectivity index (χ4n) is 2.57. The van der Waals surface area contributed by atoms with Crippen molar-refractivity contribution in [3.8, 4) is 17.1 Å². The summed E-state index contributed by atoms with van der Waals surface area (Å²) in [7, 11) is 0. The van der Waals surface area contributed by atoms with Gasteiger partial charge in [-0.2, -0.15) is 0 Å². The van der Waals surface area contributed by atoms with Crippen molar-refractivity contribution in [2.24, 2.45) is 0 Å². The molecule has 0 aliphatic heterocycles. The zero-order valence-corrected chi connectivity index (χ0v) is 14.9. The van der Waals surface area contributed by atoms with Crippen LogP contribution in [0.2, 0.25) is 0 Å². The first-order chi connectivity index (χ1) is 12.0. The van der Waals surface area contributed by atoms with Gasteiger partial charge in [0.25, 0.3) is 0 Å². The van der Waals surface area contributed by atoms with Crippen LogP contribution < -0.4 is 5.32 Å². The maximum atomic E-state index is 9.71. The van der Waals surface area contributed by atoms with Gasteiger partial charge in [-0.05, 0) is 51.5 Å². The second kappa shape index (κ2) is 6.98. The predicted molar refractivity (Wildman–Crippen MR) is 96.5 cm³/mol. The van der Waals surface area contributed by atoms with Crippen LogP contribution in [0.4, 0.5) is 5.82 Å². The summed E-state index contributed by atoms with van der Waals surface area (Å²) in [4.78, 5) is 8.78. The monoisotopic (exact) mass is 338 g/mol. The minimum atomic E-state index is -0.167. The highest BCUT2D eigenvalue weighted by Crippen LogP contribution is 2.22. The number of nitrogens with zero attached hydrogens (tertiary/aromatic N) is 5. The molecule has 0 aromatic carbocycles. The number of nitrogens with one attached hydrogen (secondary N) is 1. The normalized spacial score (nSPS) is 11.1. The molecule has 3 aromatic heterocycles. The molecule has 0 atom stereocenters. The third kappa shape index (κ3) is 3.66. The Kier molecular flexibility index (Phi) is 4.76. The van der Waals surface area contributed by atoms with E-state index in [1.807, 2.05) is 42.8 Å². The number of aliphatic hydroxyl groups excluding tert-OH is 1. The molecule has 3 aromatic rings. The Balaban J connectivity index is 1.97. The van der Waals surface area contributed by atoms with Crippen molar-refractivity contribution in [2.45, 2.75) is 40.3 Å². The van der Waals surface area contributed by atoms with Crippen molar-refractivity contribution in [3.63, 3.8) is 0 Å². The van der Waals surface area contributed by atoms with Gasteiger partial charge in [0.15, 0.2) is 5.82 Å². The standard InChI is InChI=1S/C18H22N6O/c1-11(2)20-18-12(3)7-15(22-23-18)14-5-6-17(16(9-25)21-14)24-8-13(4)19-10-24/h5-8,10-11,25H,9H2,1-4H3,(H,20,23). The number of hydrogen-bond acceptors (Lipinski definition) is 6. The second-order valence-corrected chi connectivity index (χ2v) is 6.30. The van der Waals surface area contributed by atoms with Crippen LogP contribution in [0, 0.1) is 13.8 Å². The predicted octanol–water partition coefficient (Wildman–Crippen LogP) is 2.65. The Morgan fingerprint density at radius 1 is 1.16 bits per heavy atom. The van der Waals surface area contributed by atoms with Crippen molar-refractivity contribution < 1.29 is 5.11 Å². The zero-order valence-electron chi connectivity index (χ0n) is 14.9. The molecule has 3 heterocycles. The molecule has 0 unspecified atom stereocenters. The highest BCUT2D eigenvalue weighted by molar-refractivity contribution is 5.60. The van der Waals surface area contributed by atoms with Crippen LogP contribution in [0.3, 0.4) is 0 Å². The molecular formula is C18H22N6O. The van der Waals surface area contributed by atoms with E-state index in [1.165, 1.54) is 0 Å². The minimum absolute atomic E-state index is 0.167. The molecule has 0 aliphatic carbocycles. The number of hydrogen-bond donors (Lipinski definition) is 2. The molecule has 0 saturated heterocycles. The van der Waals surface area contributed by atoms with Gasteiger partial charge < -0.3 is 15.0 Å². The highest BCUT2D eigenvalue weighted by atomic mass is 16.3. The molecule has 0 spiro atoms. The van der Waals surface area contributed by atoms with Crippen LogP contribution in [0.1, 0.15) is 30.8 Å². The first-order valence-electron chi connectivity index (χ1n) is 8.21. The summed E-state index contributed by atoms with van der Waals surface area (Å²) < 4.78 is 1.85. The van der Waals surface area contributed by atoms with Crippen LogP contribution in [-0.2, 0) is 6.61 Å². The number of aryl methyl sites for hydroxylation is 2. The Morgan fingerprint density at radius 2 is 1.96 bits per heavy atom. The van der Waals surface area contributed by atoms with Crippen molar-refractivity contribution in [3.05, 3.63) is 47.7 Å². The Hall–Kier alpha value is -2.80. The van der Waals surface area contributed by atoms with E-state index < -0.39 is 0 Å². The lowest BCUT2D eigenvalue weighted by Gasteiger charge is -2.12. The topological polar surface area (TPSA) is 88.8 Å². The Bertz CT molecular complexity index is 887. The highest BCUT2D eigenvalue weighted by Gasteiger charge is 2.12. The van der Waals surface area contributed by atoms with Crippen LogP contribution in [0.15, 0.2) is 30.7 Å². The van der Waals surface area contributed by atoms with E-state index in [0.717, 1.165) is 22.8 Å². The molecule has 2 N–H and O–H groups in total. The van der Waals surface area contributed by atoms with Gasteiger partial charge in [0, 0.05) is 12.2 Å². The van der Waals surface area contributed by atoms with Crippen LogP contribution in [0.5, 0.6) is 0 Å². The first kappa shape index (κ1) is 17.0. The van der Waals surface area contributed by atoms with Crippen LogP contribution in [-0.4, -0.2) is 35.9 Å². The summed E-state index contributed by atoms with van der Waals surface area (Å²) in [6.07, 6.45) is 3.60. The van der Waals surface area contributed by atoms with Gasteiger partial charge >= 0.3 is 0 Å². The summed E-state index contributed by atoms with van der Waals surface area (Å²) in [5, 5.41) is 21.5. The number of imidazole rings is 1. The fraction of sp³-hybridized carbons (Fsp3) is 0.333. The van der Waals surface area contributed by atoms with Gasteiger partial charge in [-0.15, -0.1) is 10.2 Å². The van der Waals surface area contributed by atoms with E-state index in [1.54, 1.807) is 6.33 Å². The van der Waals surface area contributed by atoms with E-state index >= 15 is 0 Å². The van der Waals surface area contributed by atoms with E-state index in [9.17, 15) is 5.11 Å². The molecule has 7 nitrogen and oxygen atoms in total. The molecule has 0 saturated carbocycles. The molecule has 0 fully saturated rings. The first-order valence-corrected chi connectivity index (χ1v) is 8.21. The summed E-state index contributed by atoms with van der Waals surface area (Å²) >= 11 is 0. The SMILES string of the molecule is Cc1cn(-c2ccc(-c3cc(C)c(NC(C)C)nn3)nc2CO)cn1. The van der Waals surface area contributed by atoms with E-state index in [-0.39, 0.29) is 12.6 Å². The lowest BCUT2D eigenvalue weighted by molar-refractivity contribution is 0.276. The number of anilines is 1. The molecule has 25 heavy (non-hydrogen) atoms. The summed E-state index contributed by atoms with van der Waals surface area (Å²) in [6.45, 7) is 7.85. The van der Waals surface area contributed by atoms with Crippen molar-refractivity contribution in [1.82, 2.24) is 24.7 Å². The quantitative estimate of drug-likeness (QED) is 0.743. The van der Waals surface area contributed by atoms with Gasteiger partial charge in [-0.1, -0.05) is 0 Å². The maximum Gasteiger partial charge on any atom is 0.151 e. The third-order valence-electron chi connectivity index (χ3n) is 3.76. The van der Waals surface area contributed by atoms with Gasteiger partial charge in [0.05, 0.1) is 35.7 Å². The zero-order chi connectivity index (χ0) is 18.0. The van der Waals surface area contributed by atoms with Gasteiger partial charge in [0.1, 0.15) is 5.69 Å². The molecule has 0 amide bonds. The fourth-order valence-corrected chi connectivity index (χ4v) is 2.57. The summed E-state index contributed by atoms with van der Waals surface area (Å²) in [6, 6.07) is 6.02. The maximum absolute atomic E-state index is 9.71. The van der Waals surface area contributed by atoms with Crippen molar-refractivity contribution in [1.29, 1.82) is 0 Å². The second-order valence-electron chi connectivity index (χ2n) is 6.30. The molecule has 130 valence electrons. The largest absolute Gasteiger partial charge is 0.390 e. The Labute approximate surface area is 146 Å². The summed E-state index contributed by atoms with van der Waals surface area (Å²) in [5.41, 5.74) is 4.63. The minimum Gasteiger partial charge on any atom is -0.390 e. The third-order valence-corrected chi connectivity index (χ3v) is 3.76. The molecular weight excluding hydrogens is 316 g/mol. The number of rotatable bonds is 5. The average Bonchev–Trinajstić information content (AvgIpc) is 3.02. The number of aromatic nitrogens is 5. The summed E-state index contributed by atoms with van der Waals surface area (Å²) in [5.74, 6) is 0.770. The molecule has 0 aliphatic rings. The van der Waals surface area contributed by atoms with Gasteiger partial charge in [0.2, 0.25) is 0 Å². The smallest absolute Gasteiger partial charge is 0.151 e. The lowest BCUT2D eigenvalue weighted by Crippen LogP contribution is -2.13. The van der Waals surface area contributed by atoms with Crippen LogP contribution >= 0.6 is 0 Å². The van der Waals surface area contributed by atoms with Crippen molar-refractivity contribution in [2.75, 3.05) is 5.32 Å². The van der Waals surface area contributed by atoms with Crippen LogP contribution in [0.25, 0.3) is 17.1 Å². The molecule has 0 bridgehead atoms. The van der Waals surface area contributed by atoms with Gasteiger partial charge in [-0.25, -0.2) is 9.97 Å². The van der Waals surface area contributed by atoms with E-state index in [0.29, 0.717) is 17.1 Å². The van der Waals surface area contributed by atoms with E-state index in [2.05, 4.69) is 39.3 Å². The number of pyridine rings is 1. The van der Waals surface area contributed by atoms with Crippen molar-refractivity contribution >= 4 is 5.82 Å².